The van der Waals surface area contributed by atoms with Crippen molar-refractivity contribution >= 4 is 16.0 Å². The second-order valence-corrected chi connectivity index (χ2v) is 5.07. The van der Waals surface area contributed by atoms with Gasteiger partial charge < -0.3 is 15.1 Å². The van der Waals surface area contributed by atoms with Gasteiger partial charge in [-0.05, 0) is 24.6 Å². The zero-order chi connectivity index (χ0) is 13.8. The van der Waals surface area contributed by atoms with Gasteiger partial charge in [0.25, 0.3) is 10.0 Å². The average molecular weight is 275 g/mol. The van der Waals surface area contributed by atoms with Gasteiger partial charge in [-0.25, -0.2) is 13.2 Å². The van der Waals surface area contributed by atoms with Crippen molar-refractivity contribution in [3.63, 3.8) is 0 Å². The molecule has 1 aromatic carbocycles. The molecule has 8 heteroatoms. The van der Waals surface area contributed by atoms with Crippen molar-refractivity contribution in [1.82, 2.24) is 4.89 Å². The zero-order valence-electron chi connectivity index (χ0n) is 9.58. The van der Waals surface area contributed by atoms with E-state index >= 15 is 0 Å². The van der Waals surface area contributed by atoms with Crippen LogP contribution in [0, 0.1) is 0 Å². The predicted octanol–water partition coefficient (Wildman–Crippen LogP) is 0.841. The monoisotopic (exact) mass is 275 g/mol. The van der Waals surface area contributed by atoms with Crippen LogP contribution in [0.1, 0.15) is 23.7 Å². The molecule has 7 nitrogen and oxygen atoms in total. The van der Waals surface area contributed by atoms with Gasteiger partial charge in [0.2, 0.25) is 0 Å². The van der Waals surface area contributed by atoms with Gasteiger partial charge in [-0.1, -0.05) is 11.8 Å². The Morgan fingerprint density at radius 2 is 2.11 bits per heavy atom. The van der Waals surface area contributed by atoms with Crippen LogP contribution in [-0.4, -0.2) is 31.3 Å². The van der Waals surface area contributed by atoms with Crippen LogP contribution in [0.4, 0.5) is 0 Å². The summed E-state index contributed by atoms with van der Waals surface area (Å²) in [5, 5.41) is 17.4. The van der Waals surface area contributed by atoms with Crippen LogP contribution < -0.4 is 9.62 Å². The van der Waals surface area contributed by atoms with Crippen molar-refractivity contribution in [3.05, 3.63) is 23.8 Å². The number of hydrogen-bond acceptors (Lipinski definition) is 5. The highest BCUT2D eigenvalue weighted by atomic mass is 32.2. The summed E-state index contributed by atoms with van der Waals surface area (Å²) in [6.45, 7) is 2.18. The van der Waals surface area contributed by atoms with Crippen LogP contribution in [0.2, 0.25) is 0 Å². The van der Waals surface area contributed by atoms with Crippen molar-refractivity contribution in [2.75, 3.05) is 6.61 Å². The fourth-order valence-electron chi connectivity index (χ4n) is 1.23. The van der Waals surface area contributed by atoms with Gasteiger partial charge in [0, 0.05) is 0 Å². The number of carbonyl (C=O) groups is 1. The number of aromatic carboxylic acids is 1. The number of carboxylic acid groups (broad SMARTS) is 1. The van der Waals surface area contributed by atoms with Crippen molar-refractivity contribution < 1.29 is 28.3 Å². The van der Waals surface area contributed by atoms with Crippen LogP contribution in [-0.2, 0) is 10.0 Å². The second kappa shape index (κ2) is 5.80. The Balaban J connectivity index is 3.23. The molecule has 0 atom stereocenters. The molecular weight excluding hydrogens is 262 g/mol. The van der Waals surface area contributed by atoms with E-state index in [-0.39, 0.29) is 16.2 Å². The summed E-state index contributed by atoms with van der Waals surface area (Å²) in [5.74, 6) is -1.22. The Morgan fingerprint density at radius 3 is 2.61 bits per heavy atom. The van der Waals surface area contributed by atoms with E-state index in [1.807, 2.05) is 6.92 Å². The van der Waals surface area contributed by atoms with Gasteiger partial charge in [0.15, 0.2) is 0 Å². The number of rotatable bonds is 6. The molecule has 1 rings (SSSR count). The van der Waals surface area contributed by atoms with Crippen molar-refractivity contribution in [3.8, 4) is 5.75 Å². The third kappa shape index (κ3) is 3.19. The molecule has 0 aromatic heterocycles. The Kier molecular flexibility index (Phi) is 4.65. The summed E-state index contributed by atoms with van der Waals surface area (Å²) < 4.78 is 27.8. The standard InChI is InChI=1S/C10H13NO6S/c1-2-5-17-9-4-3-7(18(15,16)11-14)6-8(9)10(12)13/h3-4,6,11,14H,2,5H2,1H3,(H,12,13). The molecule has 0 saturated carbocycles. The van der Waals surface area contributed by atoms with E-state index in [2.05, 4.69) is 0 Å². The quantitative estimate of drug-likeness (QED) is 0.663. The Hall–Kier alpha value is -1.64. The molecule has 0 unspecified atom stereocenters. The smallest absolute Gasteiger partial charge is 0.339 e. The predicted molar refractivity (Wildman–Crippen MR) is 61.3 cm³/mol. The highest BCUT2D eigenvalue weighted by Crippen LogP contribution is 2.22. The van der Waals surface area contributed by atoms with E-state index < -0.39 is 16.0 Å². The van der Waals surface area contributed by atoms with Gasteiger partial charge >= 0.3 is 5.97 Å². The van der Waals surface area contributed by atoms with Crippen molar-refractivity contribution in [2.24, 2.45) is 0 Å². The fraction of sp³-hybridized carbons (Fsp3) is 0.300. The molecule has 1 aromatic rings. The van der Waals surface area contributed by atoms with Gasteiger partial charge in [0.05, 0.1) is 11.5 Å². The molecule has 100 valence electrons. The average Bonchev–Trinajstić information content (AvgIpc) is 2.35. The fourth-order valence-corrected chi connectivity index (χ4v) is 1.86. The molecular formula is C10H13NO6S. The molecule has 18 heavy (non-hydrogen) atoms. The van der Waals surface area contributed by atoms with E-state index in [0.29, 0.717) is 13.0 Å². The number of ether oxygens (including phenoxy) is 1. The van der Waals surface area contributed by atoms with Gasteiger partial charge in [-0.3, -0.25) is 0 Å². The topological polar surface area (TPSA) is 113 Å². The third-order valence-corrected chi connectivity index (χ3v) is 3.19. The normalized spacial score (nSPS) is 11.2. The molecule has 3 N–H and O–H groups in total. The maximum Gasteiger partial charge on any atom is 0.339 e. The molecule has 0 amide bonds. The van der Waals surface area contributed by atoms with E-state index in [1.54, 1.807) is 0 Å². The van der Waals surface area contributed by atoms with Crippen molar-refractivity contribution in [1.29, 1.82) is 0 Å². The van der Waals surface area contributed by atoms with Crippen LogP contribution in [0.25, 0.3) is 0 Å². The molecule has 0 radical (unpaired) electrons. The van der Waals surface area contributed by atoms with E-state index in [9.17, 15) is 13.2 Å². The first-order valence-electron chi connectivity index (χ1n) is 5.08. The maximum absolute atomic E-state index is 11.3. The summed E-state index contributed by atoms with van der Waals surface area (Å²) in [5.41, 5.74) is -0.278. The highest BCUT2D eigenvalue weighted by Gasteiger charge is 2.18. The summed E-state index contributed by atoms with van der Waals surface area (Å²) >= 11 is 0. The van der Waals surface area contributed by atoms with Crippen LogP contribution in [0.15, 0.2) is 23.1 Å². The third-order valence-electron chi connectivity index (χ3n) is 2.07. The first kappa shape index (κ1) is 14.4. The molecule has 0 aliphatic carbocycles. The highest BCUT2D eigenvalue weighted by molar-refractivity contribution is 7.89. The maximum atomic E-state index is 11.3. The zero-order valence-corrected chi connectivity index (χ0v) is 10.4. The molecule has 0 bridgehead atoms. The van der Waals surface area contributed by atoms with Crippen LogP contribution >= 0.6 is 0 Å². The minimum atomic E-state index is -4.10. The van der Waals surface area contributed by atoms with Gasteiger partial charge in [0.1, 0.15) is 11.3 Å². The summed E-state index contributed by atoms with van der Waals surface area (Å²) in [6, 6.07) is 3.31. The Morgan fingerprint density at radius 1 is 1.44 bits per heavy atom. The first-order chi connectivity index (χ1) is 8.42. The minimum Gasteiger partial charge on any atom is -0.493 e. The second-order valence-electron chi connectivity index (χ2n) is 3.41. The van der Waals surface area contributed by atoms with E-state index in [4.69, 9.17) is 15.1 Å². The van der Waals surface area contributed by atoms with E-state index in [0.717, 1.165) is 17.0 Å². The lowest BCUT2D eigenvalue weighted by Gasteiger charge is -2.09. The number of carboxylic acids is 1. The molecule has 0 heterocycles. The number of hydrogen-bond donors (Lipinski definition) is 3. The first-order valence-corrected chi connectivity index (χ1v) is 6.56. The summed E-state index contributed by atoms with van der Waals surface area (Å²) in [4.78, 5) is 11.8. The largest absolute Gasteiger partial charge is 0.493 e. The molecule has 0 aliphatic heterocycles. The number of sulfonamides is 1. The summed E-state index contributed by atoms with van der Waals surface area (Å²) in [6.07, 6.45) is 0.692. The molecule has 0 fully saturated rings. The Bertz CT molecular complexity index is 539. The van der Waals surface area contributed by atoms with Crippen LogP contribution in [0.5, 0.6) is 5.75 Å². The van der Waals surface area contributed by atoms with Gasteiger partial charge in [-0.15, -0.1) is 0 Å². The minimum absolute atomic E-state index is 0.0845. The van der Waals surface area contributed by atoms with Crippen LogP contribution in [0.3, 0.4) is 0 Å². The molecule has 0 aliphatic rings. The van der Waals surface area contributed by atoms with E-state index in [1.165, 1.54) is 6.07 Å². The SMILES string of the molecule is CCCOc1ccc(S(=O)(=O)NO)cc1C(=O)O. The lowest BCUT2D eigenvalue weighted by Crippen LogP contribution is -2.20. The number of benzene rings is 1. The summed E-state index contributed by atoms with van der Waals surface area (Å²) in [7, 11) is -4.10. The molecule has 0 spiro atoms. The lowest BCUT2D eigenvalue weighted by atomic mass is 10.2. The number of nitrogens with one attached hydrogen (secondary N) is 1. The lowest BCUT2D eigenvalue weighted by molar-refractivity contribution is 0.0692. The van der Waals surface area contributed by atoms with Gasteiger partial charge in [-0.2, -0.15) is 0 Å². The molecule has 0 saturated heterocycles. The van der Waals surface area contributed by atoms with Crippen molar-refractivity contribution in [2.45, 2.75) is 18.2 Å². The Labute approximate surface area is 104 Å².